The van der Waals surface area contributed by atoms with Crippen LogP contribution < -0.4 is 10.2 Å². The molecule has 1 atom stereocenters. The zero-order valence-corrected chi connectivity index (χ0v) is 13.8. The first kappa shape index (κ1) is 17.2. The number of carbonyl (C=O) groups is 1. The van der Waals surface area contributed by atoms with Crippen LogP contribution >= 0.6 is 0 Å². The Kier molecular flexibility index (Phi) is 4.93. The van der Waals surface area contributed by atoms with E-state index in [0.29, 0.717) is 5.75 Å². The second-order valence-corrected chi connectivity index (χ2v) is 5.44. The van der Waals surface area contributed by atoms with E-state index in [-0.39, 0.29) is 5.76 Å². The number of nitro groups is 1. The Labute approximate surface area is 148 Å². The predicted octanol–water partition coefficient (Wildman–Crippen LogP) is 3.26. The zero-order chi connectivity index (χ0) is 18.5. The Bertz CT molecular complexity index is 980. The van der Waals surface area contributed by atoms with Crippen LogP contribution in [0.15, 0.2) is 64.1 Å². The van der Waals surface area contributed by atoms with Gasteiger partial charge in [-0.2, -0.15) is 5.10 Å². The van der Waals surface area contributed by atoms with Gasteiger partial charge in [-0.1, -0.05) is 30.3 Å². The number of ether oxygens (including phenoxy) is 1. The summed E-state index contributed by atoms with van der Waals surface area (Å²) in [6.07, 6.45) is 0.396. The van der Waals surface area contributed by atoms with Crippen molar-refractivity contribution in [2.45, 2.75) is 13.0 Å². The highest BCUT2D eigenvalue weighted by atomic mass is 16.6. The van der Waals surface area contributed by atoms with Gasteiger partial charge in [0.15, 0.2) is 11.9 Å². The quantitative estimate of drug-likeness (QED) is 0.416. The number of nitrogens with zero attached hydrogens (tertiary/aromatic N) is 2. The second-order valence-electron chi connectivity index (χ2n) is 5.44. The highest BCUT2D eigenvalue weighted by Crippen LogP contribution is 2.21. The third kappa shape index (κ3) is 4.04. The lowest BCUT2D eigenvalue weighted by atomic mass is 10.1. The van der Waals surface area contributed by atoms with Gasteiger partial charge in [-0.25, -0.2) is 5.43 Å². The molecule has 1 heterocycles. The average Bonchev–Trinajstić information content (AvgIpc) is 3.10. The molecule has 0 unspecified atom stereocenters. The minimum absolute atomic E-state index is 0.153. The van der Waals surface area contributed by atoms with Crippen LogP contribution in [0.5, 0.6) is 5.75 Å². The molecule has 3 rings (SSSR count). The van der Waals surface area contributed by atoms with E-state index < -0.39 is 22.8 Å². The van der Waals surface area contributed by atoms with Crippen LogP contribution in [0, 0.1) is 10.1 Å². The van der Waals surface area contributed by atoms with Crippen LogP contribution in [-0.4, -0.2) is 23.1 Å². The summed E-state index contributed by atoms with van der Waals surface area (Å²) < 4.78 is 10.5. The van der Waals surface area contributed by atoms with Gasteiger partial charge in [0.25, 0.3) is 5.91 Å². The number of nitrogens with one attached hydrogen (secondary N) is 1. The predicted molar refractivity (Wildman–Crippen MR) is 95.1 cm³/mol. The average molecular weight is 353 g/mol. The summed E-state index contributed by atoms with van der Waals surface area (Å²) in [6.45, 7) is 1.60. The molecule has 0 aliphatic heterocycles. The molecular weight excluding hydrogens is 338 g/mol. The van der Waals surface area contributed by atoms with E-state index in [0.717, 1.165) is 10.8 Å². The Morgan fingerprint density at radius 3 is 2.73 bits per heavy atom. The molecule has 0 aliphatic carbocycles. The van der Waals surface area contributed by atoms with Gasteiger partial charge < -0.3 is 9.15 Å². The number of fused-ring (bicyclic) bond motifs is 1. The monoisotopic (exact) mass is 353 g/mol. The number of carbonyl (C=O) groups excluding carboxylic acids is 1. The summed E-state index contributed by atoms with van der Waals surface area (Å²) in [5.41, 5.74) is 2.30. The molecule has 0 aliphatic rings. The van der Waals surface area contributed by atoms with E-state index in [2.05, 4.69) is 10.5 Å². The molecule has 0 bridgehead atoms. The summed E-state index contributed by atoms with van der Waals surface area (Å²) in [7, 11) is 0. The largest absolute Gasteiger partial charge is 0.481 e. The number of hydrogen-bond acceptors (Lipinski definition) is 6. The van der Waals surface area contributed by atoms with E-state index >= 15 is 0 Å². The Morgan fingerprint density at radius 1 is 1.23 bits per heavy atom. The molecule has 0 saturated heterocycles. The molecule has 1 N–H and O–H groups in total. The fraction of sp³-hybridized carbons (Fsp3) is 0.111. The van der Waals surface area contributed by atoms with Crippen LogP contribution in [0.1, 0.15) is 12.7 Å². The lowest BCUT2D eigenvalue weighted by Crippen LogP contribution is -2.33. The normalized spacial score (nSPS) is 12.2. The van der Waals surface area contributed by atoms with Gasteiger partial charge in [-0.15, -0.1) is 0 Å². The zero-order valence-electron chi connectivity index (χ0n) is 13.8. The molecule has 2 aromatic carbocycles. The smallest absolute Gasteiger partial charge is 0.433 e. The maximum absolute atomic E-state index is 12.0. The first-order chi connectivity index (χ1) is 12.5. The third-order valence-corrected chi connectivity index (χ3v) is 3.56. The molecule has 0 fully saturated rings. The van der Waals surface area contributed by atoms with E-state index in [4.69, 9.17) is 9.15 Å². The lowest BCUT2D eigenvalue weighted by Gasteiger charge is -2.13. The number of amides is 1. The molecular formula is C18H15N3O5. The Hall–Kier alpha value is -3.68. The van der Waals surface area contributed by atoms with Gasteiger partial charge in [0.2, 0.25) is 0 Å². The molecule has 26 heavy (non-hydrogen) atoms. The van der Waals surface area contributed by atoms with Crippen molar-refractivity contribution in [1.82, 2.24) is 5.43 Å². The SMILES string of the molecule is C[C@H](Oc1ccc2ccccc2c1)C(=O)N/N=C\c1ccc([N+](=O)[O-])o1. The lowest BCUT2D eigenvalue weighted by molar-refractivity contribution is -0.402. The van der Waals surface area contributed by atoms with Crippen LogP contribution in [0.2, 0.25) is 0 Å². The van der Waals surface area contributed by atoms with Crippen LogP contribution in [0.25, 0.3) is 10.8 Å². The number of rotatable bonds is 6. The first-order valence-corrected chi connectivity index (χ1v) is 7.75. The molecule has 0 radical (unpaired) electrons. The van der Waals surface area contributed by atoms with E-state index in [9.17, 15) is 14.9 Å². The van der Waals surface area contributed by atoms with Crippen molar-refractivity contribution < 1.29 is 18.9 Å². The number of hydrogen-bond donors (Lipinski definition) is 1. The van der Waals surface area contributed by atoms with E-state index in [1.54, 1.807) is 13.0 Å². The van der Waals surface area contributed by atoms with Crippen LogP contribution in [0.3, 0.4) is 0 Å². The van der Waals surface area contributed by atoms with Crippen molar-refractivity contribution >= 4 is 28.8 Å². The Morgan fingerprint density at radius 2 is 2.00 bits per heavy atom. The fourth-order valence-corrected chi connectivity index (χ4v) is 2.26. The van der Waals surface area contributed by atoms with Gasteiger partial charge in [0.1, 0.15) is 10.7 Å². The van der Waals surface area contributed by atoms with Crippen LogP contribution in [-0.2, 0) is 4.79 Å². The van der Waals surface area contributed by atoms with E-state index in [1.807, 2.05) is 36.4 Å². The molecule has 1 aromatic heterocycles. The molecule has 132 valence electrons. The highest BCUT2D eigenvalue weighted by Gasteiger charge is 2.14. The third-order valence-electron chi connectivity index (χ3n) is 3.56. The summed E-state index contributed by atoms with van der Waals surface area (Å²) in [5, 5.41) is 16.3. The minimum Gasteiger partial charge on any atom is -0.481 e. The standard InChI is InChI=1S/C18H15N3O5/c1-12(25-15-7-6-13-4-2-3-5-14(13)10-15)18(22)20-19-11-16-8-9-17(26-16)21(23)24/h2-12H,1H3,(H,20,22)/b19-11-/t12-/m0/s1. The summed E-state index contributed by atoms with van der Waals surface area (Å²) in [4.78, 5) is 21.9. The maximum atomic E-state index is 12.0. The Balaban J connectivity index is 1.58. The van der Waals surface area contributed by atoms with Gasteiger partial charge in [-0.05, 0) is 35.9 Å². The molecule has 0 saturated carbocycles. The van der Waals surface area contributed by atoms with Gasteiger partial charge in [-0.3, -0.25) is 14.9 Å². The van der Waals surface area contributed by atoms with Crippen molar-refractivity contribution in [3.8, 4) is 5.75 Å². The van der Waals surface area contributed by atoms with E-state index in [1.165, 1.54) is 18.3 Å². The fourth-order valence-electron chi connectivity index (χ4n) is 2.26. The number of hydrazone groups is 1. The molecule has 0 spiro atoms. The van der Waals surface area contributed by atoms with Gasteiger partial charge in [0.05, 0.1) is 12.3 Å². The van der Waals surface area contributed by atoms with Gasteiger partial charge >= 0.3 is 5.88 Å². The second kappa shape index (κ2) is 7.47. The van der Waals surface area contributed by atoms with Crippen molar-refractivity contribution in [3.63, 3.8) is 0 Å². The minimum atomic E-state index is -0.778. The van der Waals surface area contributed by atoms with Crippen molar-refractivity contribution in [3.05, 3.63) is 70.5 Å². The van der Waals surface area contributed by atoms with Gasteiger partial charge in [0, 0.05) is 0 Å². The highest BCUT2D eigenvalue weighted by molar-refractivity contribution is 5.85. The maximum Gasteiger partial charge on any atom is 0.433 e. The summed E-state index contributed by atoms with van der Waals surface area (Å²) in [5.74, 6) is -0.140. The summed E-state index contributed by atoms with van der Waals surface area (Å²) >= 11 is 0. The first-order valence-electron chi connectivity index (χ1n) is 7.75. The topological polar surface area (TPSA) is 107 Å². The van der Waals surface area contributed by atoms with Crippen LogP contribution in [0.4, 0.5) is 5.88 Å². The molecule has 3 aromatic rings. The molecule has 8 nitrogen and oxygen atoms in total. The molecule has 1 amide bonds. The van der Waals surface area contributed by atoms with Crippen molar-refractivity contribution in [2.75, 3.05) is 0 Å². The van der Waals surface area contributed by atoms with Crippen molar-refractivity contribution in [2.24, 2.45) is 5.10 Å². The molecule has 8 heteroatoms. The van der Waals surface area contributed by atoms with Crippen molar-refractivity contribution in [1.29, 1.82) is 0 Å². The number of furan rings is 1. The number of benzene rings is 2. The summed E-state index contributed by atoms with van der Waals surface area (Å²) in [6, 6.07) is 16.0.